The highest BCUT2D eigenvalue weighted by Crippen LogP contribution is 2.27. The van der Waals surface area contributed by atoms with E-state index in [1.165, 1.54) is 23.1 Å². The summed E-state index contributed by atoms with van der Waals surface area (Å²) in [5.74, 6) is -0.376. The highest BCUT2D eigenvalue weighted by Gasteiger charge is 2.26. The molecule has 130 valence electrons. The molecule has 25 heavy (non-hydrogen) atoms. The number of nitro groups is 1. The lowest BCUT2D eigenvalue weighted by molar-refractivity contribution is -0.385. The first kappa shape index (κ1) is 17.1. The lowest BCUT2D eigenvalue weighted by Gasteiger charge is -2.17. The fraction of sp³-hybridized carbons (Fsp3) is 0.188. The smallest absolute Gasteiger partial charge is 0.270 e. The molecule has 0 aromatic heterocycles. The molecule has 0 saturated heterocycles. The zero-order valence-electron chi connectivity index (χ0n) is 13.1. The number of carbonyl (C=O) groups is 1. The first-order valence-corrected chi connectivity index (χ1v) is 8.99. The minimum absolute atomic E-state index is 0.253. The summed E-state index contributed by atoms with van der Waals surface area (Å²) in [4.78, 5) is 23.7. The van der Waals surface area contributed by atoms with Crippen molar-refractivity contribution in [2.24, 2.45) is 0 Å². The van der Waals surface area contributed by atoms with Crippen molar-refractivity contribution >= 4 is 27.3 Å². The monoisotopic (exact) mass is 361 g/mol. The van der Waals surface area contributed by atoms with Crippen molar-refractivity contribution < 1.29 is 18.1 Å². The van der Waals surface area contributed by atoms with Crippen molar-refractivity contribution in [2.45, 2.75) is 11.3 Å². The second-order valence-corrected chi connectivity index (χ2v) is 7.27. The third-order valence-corrected chi connectivity index (χ3v) is 5.34. The number of nitro benzene ring substituents is 1. The van der Waals surface area contributed by atoms with Crippen LogP contribution in [0.25, 0.3) is 0 Å². The molecule has 0 unspecified atom stereocenters. The highest BCUT2D eigenvalue weighted by molar-refractivity contribution is 7.89. The van der Waals surface area contributed by atoms with E-state index in [1.54, 1.807) is 0 Å². The SMILES string of the molecule is O=C(CNS(=O)(=O)c1cccc([N+](=O)[O-])c1)N1CCc2ccccc21. The van der Waals surface area contributed by atoms with Gasteiger partial charge in [-0.25, -0.2) is 13.1 Å². The molecule has 9 heteroatoms. The van der Waals surface area contributed by atoms with Crippen molar-refractivity contribution in [3.05, 3.63) is 64.2 Å². The van der Waals surface area contributed by atoms with Crippen LogP contribution in [-0.4, -0.2) is 32.3 Å². The number of carbonyl (C=O) groups excluding carboxylic acids is 1. The van der Waals surface area contributed by atoms with Gasteiger partial charge >= 0.3 is 0 Å². The summed E-state index contributed by atoms with van der Waals surface area (Å²) >= 11 is 0. The number of sulfonamides is 1. The summed E-state index contributed by atoms with van der Waals surface area (Å²) in [5, 5.41) is 10.8. The van der Waals surface area contributed by atoms with E-state index in [4.69, 9.17) is 0 Å². The molecule has 0 atom stereocenters. The zero-order chi connectivity index (χ0) is 18.0. The van der Waals surface area contributed by atoms with Gasteiger partial charge in [-0.05, 0) is 24.1 Å². The van der Waals surface area contributed by atoms with Gasteiger partial charge in [-0.15, -0.1) is 0 Å². The van der Waals surface area contributed by atoms with E-state index in [-0.39, 0.29) is 16.5 Å². The van der Waals surface area contributed by atoms with E-state index in [0.717, 1.165) is 23.7 Å². The van der Waals surface area contributed by atoms with Crippen LogP contribution in [0, 0.1) is 10.1 Å². The Hall–Kier alpha value is -2.78. The predicted octanol–water partition coefficient (Wildman–Crippen LogP) is 1.46. The topological polar surface area (TPSA) is 110 Å². The Labute approximate surface area is 144 Å². The number of para-hydroxylation sites is 1. The number of fused-ring (bicyclic) bond motifs is 1. The molecule has 0 saturated carbocycles. The second kappa shape index (κ2) is 6.61. The molecule has 0 radical (unpaired) electrons. The van der Waals surface area contributed by atoms with Crippen LogP contribution in [-0.2, 0) is 21.2 Å². The largest absolute Gasteiger partial charge is 0.311 e. The van der Waals surface area contributed by atoms with Gasteiger partial charge in [-0.1, -0.05) is 24.3 Å². The summed E-state index contributed by atoms with van der Waals surface area (Å²) in [6.45, 7) is 0.0794. The lowest BCUT2D eigenvalue weighted by Crippen LogP contribution is -2.39. The number of nitrogens with one attached hydrogen (secondary N) is 1. The van der Waals surface area contributed by atoms with Crippen LogP contribution >= 0.6 is 0 Å². The standard InChI is InChI=1S/C16H15N3O5S/c20-16(18-9-8-12-4-1-2-7-15(12)18)11-17-25(23,24)14-6-3-5-13(10-14)19(21)22/h1-7,10,17H,8-9,11H2. The van der Waals surface area contributed by atoms with Gasteiger partial charge in [0.05, 0.1) is 16.4 Å². The Bertz CT molecular complexity index is 942. The van der Waals surface area contributed by atoms with Gasteiger partial charge < -0.3 is 4.90 Å². The number of amides is 1. The van der Waals surface area contributed by atoms with Crippen LogP contribution in [0.4, 0.5) is 11.4 Å². The molecule has 0 aliphatic carbocycles. The van der Waals surface area contributed by atoms with E-state index in [1.807, 2.05) is 24.3 Å². The molecular weight excluding hydrogens is 346 g/mol. The second-order valence-electron chi connectivity index (χ2n) is 5.50. The molecule has 1 aliphatic heterocycles. The number of non-ortho nitro benzene ring substituents is 1. The summed E-state index contributed by atoms with van der Waals surface area (Å²) < 4.78 is 26.7. The van der Waals surface area contributed by atoms with Crippen LogP contribution in [0.5, 0.6) is 0 Å². The molecule has 0 bridgehead atoms. The fourth-order valence-corrected chi connectivity index (χ4v) is 3.71. The minimum Gasteiger partial charge on any atom is -0.311 e. The average Bonchev–Trinajstić information content (AvgIpc) is 3.04. The fourth-order valence-electron chi connectivity index (χ4n) is 2.70. The lowest BCUT2D eigenvalue weighted by atomic mass is 10.2. The van der Waals surface area contributed by atoms with E-state index in [9.17, 15) is 23.3 Å². The third-order valence-electron chi connectivity index (χ3n) is 3.94. The number of anilines is 1. The van der Waals surface area contributed by atoms with E-state index < -0.39 is 21.5 Å². The van der Waals surface area contributed by atoms with Crippen LogP contribution in [0.2, 0.25) is 0 Å². The predicted molar refractivity (Wildman–Crippen MR) is 90.8 cm³/mol. The van der Waals surface area contributed by atoms with Crippen molar-refractivity contribution in [1.29, 1.82) is 0 Å². The first-order valence-electron chi connectivity index (χ1n) is 7.51. The normalized spacial score (nSPS) is 13.5. The molecule has 1 aliphatic rings. The maximum Gasteiger partial charge on any atom is 0.270 e. The van der Waals surface area contributed by atoms with Gasteiger partial charge in [0, 0.05) is 24.4 Å². The molecule has 2 aromatic carbocycles. The summed E-state index contributed by atoms with van der Waals surface area (Å²) in [5.41, 5.74) is 1.49. The van der Waals surface area contributed by atoms with Crippen molar-refractivity contribution in [2.75, 3.05) is 18.0 Å². The van der Waals surface area contributed by atoms with Crippen LogP contribution in [0.15, 0.2) is 53.4 Å². The maximum absolute atomic E-state index is 12.4. The molecule has 0 fully saturated rings. The van der Waals surface area contributed by atoms with Crippen LogP contribution < -0.4 is 9.62 Å². The van der Waals surface area contributed by atoms with Crippen LogP contribution in [0.1, 0.15) is 5.56 Å². The Morgan fingerprint density at radius 2 is 1.96 bits per heavy atom. The Morgan fingerprint density at radius 1 is 1.20 bits per heavy atom. The van der Waals surface area contributed by atoms with Gasteiger partial charge in [0.25, 0.3) is 5.69 Å². The quantitative estimate of drug-likeness (QED) is 0.640. The van der Waals surface area contributed by atoms with Crippen molar-refractivity contribution in [3.63, 3.8) is 0 Å². The van der Waals surface area contributed by atoms with E-state index in [0.29, 0.717) is 6.54 Å². The molecule has 1 heterocycles. The van der Waals surface area contributed by atoms with Crippen molar-refractivity contribution in [3.8, 4) is 0 Å². The van der Waals surface area contributed by atoms with E-state index in [2.05, 4.69) is 4.72 Å². The summed E-state index contributed by atoms with van der Waals surface area (Å²) in [6.07, 6.45) is 0.722. The molecule has 1 N–H and O–H groups in total. The molecule has 1 amide bonds. The Morgan fingerprint density at radius 3 is 2.72 bits per heavy atom. The third kappa shape index (κ3) is 3.52. The summed E-state index contributed by atoms with van der Waals surface area (Å²) in [7, 11) is -4.02. The molecule has 0 spiro atoms. The first-order chi connectivity index (χ1) is 11.9. The van der Waals surface area contributed by atoms with Gasteiger partial charge in [-0.2, -0.15) is 0 Å². The van der Waals surface area contributed by atoms with Crippen molar-refractivity contribution in [1.82, 2.24) is 4.72 Å². The molecule has 2 aromatic rings. The van der Waals surface area contributed by atoms with Crippen LogP contribution in [0.3, 0.4) is 0 Å². The zero-order valence-corrected chi connectivity index (χ0v) is 13.9. The van der Waals surface area contributed by atoms with Gasteiger partial charge in [0.1, 0.15) is 0 Å². The number of benzene rings is 2. The maximum atomic E-state index is 12.4. The molecule has 3 rings (SSSR count). The highest BCUT2D eigenvalue weighted by atomic mass is 32.2. The number of rotatable bonds is 5. The number of hydrogen-bond acceptors (Lipinski definition) is 5. The number of hydrogen-bond donors (Lipinski definition) is 1. The summed E-state index contributed by atoms with van der Waals surface area (Å²) in [6, 6.07) is 12.1. The average molecular weight is 361 g/mol. The Kier molecular flexibility index (Phi) is 4.51. The number of nitrogens with zero attached hydrogens (tertiary/aromatic N) is 2. The minimum atomic E-state index is -4.02. The van der Waals surface area contributed by atoms with Gasteiger partial charge in [-0.3, -0.25) is 14.9 Å². The molecule has 8 nitrogen and oxygen atoms in total. The van der Waals surface area contributed by atoms with Gasteiger partial charge in [0.15, 0.2) is 0 Å². The van der Waals surface area contributed by atoms with E-state index >= 15 is 0 Å². The Balaban J connectivity index is 1.72. The van der Waals surface area contributed by atoms with Gasteiger partial charge in [0.2, 0.25) is 15.9 Å². The molecular formula is C16H15N3O5S.